The van der Waals surface area contributed by atoms with Crippen LogP contribution in [-0.4, -0.2) is 24.1 Å². The van der Waals surface area contributed by atoms with Crippen LogP contribution in [0.3, 0.4) is 0 Å². The quantitative estimate of drug-likeness (QED) is 0.655. The Kier molecular flexibility index (Phi) is 6.82. The average Bonchev–Trinajstić information content (AvgIpc) is 2.60. The van der Waals surface area contributed by atoms with Crippen LogP contribution in [0.15, 0.2) is 42.6 Å². The number of amides is 2. The van der Waals surface area contributed by atoms with Gasteiger partial charge in [0.25, 0.3) is 0 Å². The third-order valence-electron chi connectivity index (χ3n) is 3.61. The lowest BCUT2D eigenvalue weighted by Crippen LogP contribution is -2.36. The number of benzene rings is 1. The Balaban J connectivity index is 1.59. The number of nitrogens with one attached hydrogen (secondary N) is 3. The van der Waals surface area contributed by atoms with Crippen molar-refractivity contribution >= 4 is 11.8 Å². The number of nitrogens with zero attached hydrogens (tertiary/aromatic N) is 1. The number of carbonyl (C=O) groups excluding carboxylic acids is 1. The van der Waals surface area contributed by atoms with E-state index in [0.717, 1.165) is 23.4 Å². The van der Waals surface area contributed by atoms with Crippen molar-refractivity contribution in [2.45, 2.75) is 26.1 Å². The van der Waals surface area contributed by atoms with Crippen molar-refractivity contribution in [2.24, 2.45) is 0 Å². The SMILES string of the molecule is Cc1ccc(CNC(=O)NCCCNc2ccc(C(F)(F)F)cn2)cc1. The van der Waals surface area contributed by atoms with Gasteiger partial charge in [0.1, 0.15) is 5.82 Å². The minimum Gasteiger partial charge on any atom is -0.370 e. The standard InChI is InChI=1S/C18H21F3N4O/c1-13-3-5-14(6-4-13)11-25-17(26)23-10-2-9-22-16-8-7-15(12-24-16)18(19,20)21/h3-8,12H,2,9-11H2,1H3,(H,22,24)(H2,23,25,26). The molecule has 8 heteroatoms. The maximum absolute atomic E-state index is 12.4. The number of alkyl halides is 3. The van der Waals surface area contributed by atoms with E-state index in [2.05, 4.69) is 20.9 Å². The molecule has 0 saturated heterocycles. The molecule has 2 rings (SSSR count). The number of hydrogen-bond acceptors (Lipinski definition) is 3. The van der Waals surface area contributed by atoms with Gasteiger partial charge in [-0.15, -0.1) is 0 Å². The normalized spacial score (nSPS) is 11.1. The highest BCUT2D eigenvalue weighted by Gasteiger charge is 2.30. The van der Waals surface area contributed by atoms with Gasteiger partial charge < -0.3 is 16.0 Å². The van der Waals surface area contributed by atoms with E-state index in [-0.39, 0.29) is 6.03 Å². The second-order valence-corrected chi connectivity index (χ2v) is 5.81. The van der Waals surface area contributed by atoms with Crippen molar-refractivity contribution in [3.63, 3.8) is 0 Å². The zero-order chi connectivity index (χ0) is 19.0. The molecule has 140 valence electrons. The third kappa shape index (κ3) is 6.62. The Morgan fingerprint density at radius 3 is 2.38 bits per heavy atom. The van der Waals surface area contributed by atoms with Crippen LogP contribution >= 0.6 is 0 Å². The molecule has 2 aromatic rings. The third-order valence-corrected chi connectivity index (χ3v) is 3.61. The molecule has 5 nitrogen and oxygen atoms in total. The van der Waals surface area contributed by atoms with Crippen molar-refractivity contribution in [2.75, 3.05) is 18.4 Å². The lowest BCUT2D eigenvalue weighted by Gasteiger charge is -2.10. The molecule has 0 spiro atoms. The molecule has 0 radical (unpaired) electrons. The van der Waals surface area contributed by atoms with Gasteiger partial charge in [-0.25, -0.2) is 9.78 Å². The molecule has 0 atom stereocenters. The molecule has 0 saturated carbocycles. The minimum absolute atomic E-state index is 0.266. The molecule has 2 amide bonds. The summed E-state index contributed by atoms with van der Waals surface area (Å²) in [6.45, 7) is 3.36. The van der Waals surface area contributed by atoms with Crippen molar-refractivity contribution in [3.8, 4) is 0 Å². The Bertz CT molecular complexity index is 700. The van der Waals surface area contributed by atoms with Gasteiger partial charge in [-0.2, -0.15) is 13.2 Å². The van der Waals surface area contributed by atoms with Gasteiger partial charge in [0.05, 0.1) is 5.56 Å². The first kappa shape index (κ1) is 19.6. The zero-order valence-electron chi connectivity index (χ0n) is 14.4. The number of aryl methyl sites for hydroxylation is 1. The molecular formula is C18H21F3N4O. The lowest BCUT2D eigenvalue weighted by atomic mass is 10.1. The number of hydrogen-bond donors (Lipinski definition) is 3. The fourth-order valence-electron chi connectivity index (χ4n) is 2.12. The fourth-order valence-corrected chi connectivity index (χ4v) is 2.12. The first-order valence-electron chi connectivity index (χ1n) is 8.19. The minimum atomic E-state index is -4.39. The van der Waals surface area contributed by atoms with Crippen molar-refractivity contribution in [1.29, 1.82) is 0 Å². The molecule has 0 aliphatic rings. The van der Waals surface area contributed by atoms with Gasteiger partial charge in [-0.3, -0.25) is 0 Å². The summed E-state index contributed by atoms with van der Waals surface area (Å²) in [4.78, 5) is 15.4. The van der Waals surface area contributed by atoms with E-state index in [1.807, 2.05) is 31.2 Å². The maximum Gasteiger partial charge on any atom is 0.417 e. The maximum atomic E-state index is 12.4. The summed E-state index contributed by atoms with van der Waals surface area (Å²) in [5.74, 6) is 0.363. The van der Waals surface area contributed by atoms with Gasteiger partial charge in [0.15, 0.2) is 0 Å². The molecule has 26 heavy (non-hydrogen) atoms. The molecule has 1 aromatic carbocycles. The molecule has 0 bridgehead atoms. The zero-order valence-corrected chi connectivity index (χ0v) is 14.4. The van der Waals surface area contributed by atoms with Crippen LogP contribution in [0.25, 0.3) is 0 Å². The highest BCUT2D eigenvalue weighted by atomic mass is 19.4. The molecule has 0 fully saturated rings. The van der Waals surface area contributed by atoms with E-state index >= 15 is 0 Å². The number of anilines is 1. The smallest absolute Gasteiger partial charge is 0.370 e. The number of rotatable bonds is 7. The number of aromatic nitrogens is 1. The summed E-state index contributed by atoms with van der Waals surface area (Å²) in [5, 5.41) is 8.39. The lowest BCUT2D eigenvalue weighted by molar-refractivity contribution is -0.137. The molecule has 0 aliphatic heterocycles. The van der Waals surface area contributed by atoms with Crippen molar-refractivity contribution < 1.29 is 18.0 Å². The Morgan fingerprint density at radius 1 is 1.04 bits per heavy atom. The molecule has 1 heterocycles. The van der Waals surface area contributed by atoms with Crippen LogP contribution in [0, 0.1) is 6.92 Å². The topological polar surface area (TPSA) is 66.1 Å². The molecule has 0 unspecified atom stereocenters. The Labute approximate surface area is 150 Å². The van der Waals surface area contributed by atoms with Gasteiger partial charge >= 0.3 is 12.2 Å². The Morgan fingerprint density at radius 2 is 1.77 bits per heavy atom. The molecule has 3 N–H and O–H groups in total. The number of urea groups is 1. The summed E-state index contributed by atoms with van der Waals surface area (Å²) in [7, 11) is 0. The van der Waals surface area contributed by atoms with Crippen LogP contribution in [0.4, 0.5) is 23.8 Å². The summed E-state index contributed by atoms with van der Waals surface area (Å²) in [5.41, 5.74) is 1.39. The highest BCUT2D eigenvalue weighted by molar-refractivity contribution is 5.73. The number of halogens is 3. The highest BCUT2D eigenvalue weighted by Crippen LogP contribution is 2.28. The first-order valence-corrected chi connectivity index (χ1v) is 8.19. The van der Waals surface area contributed by atoms with Crippen LogP contribution < -0.4 is 16.0 Å². The van der Waals surface area contributed by atoms with E-state index in [4.69, 9.17) is 0 Å². The van der Waals surface area contributed by atoms with Gasteiger partial charge in [-0.1, -0.05) is 29.8 Å². The van der Waals surface area contributed by atoms with E-state index in [0.29, 0.717) is 31.9 Å². The van der Waals surface area contributed by atoms with Crippen LogP contribution in [-0.2, 0) is 12.7 Å². The van der Waals surface area contributed by atoms with Crippen LogP contribution in [0.1, 0.15) is 23.1 Å². The van der Waals surface area contributed by atoms with Crippen molar-refractivity contribution in [1.82, 2.24) is 15.6 Å². The second-order valence-electron chi connectivity index (χ2n) is 5.81. The van der Waals surface area contributed by atoms with E-state index in [1.165, 1.54) is 6.07 Å². The predicted molar refractivity (Wildman–Crippen MR) is 93.8 cm³/mol. The summed E-state index contributed by atoms with van der Waals surface area (Å²) in [6.07, 6.45) is -2.98. The molecule has 1 aromatic heterocycles. The van der Waals surface area contributed by atoms with Crippen LogP contribution in [0.2, 0.25) is 0 Å². The van der Waals surface area contributed by atoms with Crippen molar-refractivity contribution in [3.05, 3.63) is 59.3 Å². The Hall–Kier alpha value is -2.77. The molecule has 0 aliphatic carbocycles. The summed E-state index contributed by atoms with van der Waals surface area (Å²) in [6, 6.07) is 9.87. The summed E-state index contributed by atoms with van der Waals surface area (Å²) >= 11 is 0. The molecular weight excluding hydrogens is 345 g/mol. The predicted octanol–water partition coefficient (Wildman–Crippen LogP) is 3.71. The van der Waals surface area contributed by atoms with E-state index in [1.54, 1.807) is 0 Å². The van der Waals surface area contributed by atoms with E-state index in [9.17, 15) is 18.0 Å². The largest absolute Gasteiger partial charge is 0.417 e. The van der Waals surface area contributed by atoms with Gasteiger partial charge in [0.2, 0.25) is 0 Å². The van der Waals surface area contributed by atoms with E-state index < -0.39 is 11.7 Å². The second kappa shape index (κ2) is 9.07. The fraction of sp³-hybridized carbons (Fsp3) is 0.333. The summed E-state index contributed by atoms with van der Waals surface area (Å²) < 4.78 is 37.3. The average molecular weight is 366 g/mol. The van der Waals surface area contributed by atoms with Gasteiger partial charge in [-0.05, 0) is 31.0 Å². The van der Waals surface area contributed by atoms with Gasteiger partial charge in [0, 0.05) is 25.8 Å². The number of carbonyl (C=O) groups is 1. The number of pyridine rings is 1. The van der Waals surface area contributed by atoms with Crippen LogP contribution in [0.5, 0.6) is 0 Å². The monoisotopic (exact) mass is 366 g/mol. The first-order chi connectivity index (χ1) is 12.3.